The Balaban J connectivity index is 2.24. The summed E-state index contributed by atoms with van der Waals surface area (Å²) in [5, 5.41) is 11.8. The van der Waals surface area contributed by atoms with Gasteiger partial charge in [0.15, 0.2) is 5.11 Å². The molecule has 0 amide bonds. The third kappa shape index (κ3) is 3.31. The average molecular weight is 329 g/mol. The van der Waals surface area contributed by atoms with Gasteiger partial charge in [-0.05, 0) is 44.3 Å². The zero-order valence-corrected chi connectivity index (χ0v) is 12.8. The third-order valence-corrected chi connectivity index (χ3v) is 3.68. The Labute approximate surface area is 131 Å². The number of benzene rings is 1. The summed E-state index contributed by atoms with van der Waals surface area (Å²) in [5.74, 6) is 0. The number of ether oxygens (including phenoxy) is 1. The second-order valence-corrected chi connectivity index (χ2v) is 5.63. The van der Waals surface area contributed by atoms with Crippen molar-refractivity contribution >= 4 is 23.0 Å². The van der Waals surface area contributed by atoms with Gasteiger partial charge in [0.25, 0.3) is 0 Å². The predicted molar refractivity (Wildman–Crippen MR) is 79.1 cm³/mol. The molecule has 8 heteroatoms. The molecular weight excluding hydrogens is 315 g/mol. The first-order chi connectivity index (χ1) is 10.1. The van der Waals surface area contributed by atoms with E-state index in [4.69, 9.17) is 22.2 Å². The summed E-state index contributed by atoms with van der Waals surface area (Å²) in [6.07, 6.45) is -4.60. The largest absolute Gasteiger partial charge is 0.417 e. The number of alkyl halides is 3. The molecule has 0 atom stereocenters. The Morgan fingerprint density at radius 3 is 2.64 bits per heavy atom. The van der Waals surface area contributed by atoms with Crippen LogP contribution in [0, 0.1) is 11.3 Å². The molecule has 0 unspecified atom stereocenters. The van der Waals surface area contributed by atoms with Gasteiger partial charge in [-0.1, -0.05) is 0 Å². The molecule has 1 fully saturated rings. The number of halogens is 3. The molecule has 0 aromatic heterocycles. The van der Waals surface area contributed by atoms with Gasteiger partial charge in [-0.25, -0.2) is 0 Å². The van der Waals surface area contributed by atoms with E-state index in [2.05, 4.69) is 5.32 Å². The van der Waals surface area contributed by atoms with Crippen LogP contribution in [0.2, 0.25) is 0 Å². The van der Waals surface area contributed by atoms with Gasteiger partial charge in [-0.15, -0.1) is 0 Å². The number of nitriles is 1. The number of rotatable bonds is 1. The van der Waals surface area contributed by atoms with Crippen molar-refractivity contribution in [2.75, 3.05) is 18.5 Å². The van der Waals surface area contributed by atoms with E-state index >= 15 is 0 Å². The van der Waals surface area contributed by atoms with Crippen molar-refractivity contribution in [3.05, 3.63) is 29.3 Å². The van der Waals surface area contributed by atoms with Crippen molar-refractivity contribution in [2.45, 2.75) is 25.7 Å². The molecule has 22 heavy (non-hydrogen) atoms. The van der Waals surface area contributed by atoms with E-state index in [0.29, 0.717) is 13.2 Å². The van der Waals surface area contributed by atoms with Crippen LogP contribution in [0.25, 0.3) is 0 Å². The maximum atomic E-state index is 12.9. The van der Waals surface area contributed by atoms with E-state index < -0.39 is 23.0 Å². The molecule has 0 spiro atoms. The Kier molecular flexibility index (Phi) is 4.31. The number of nitrogens with one attached hydrogen (secondary N) is 1. The van der Waals surface area contributed by atoms with E-state index in [0.717, 1.165) is 12.1 Å². The number of hydrogen-bond acceptors (Lipinski definition) is 3. The molecule has 1 saturated heterocycles. The minimum absolute atomic E-state index is 0.180. The first-order valence-electron chi connectivity index (χ1n) is 6.49. The topological polar surface area (TPSA) is 48.3 Å². The first kappa shape index (κ1) is 16.5. The number of nitrogens with zero attached hydrogens (tertiary/aromatic N) is 2. The van der Waals surface area contributed by atoms with Crippen molar-refractivity contribution in [2.24, 2.45) is 0 Å². The van der Waals surface area contributed by atoms with Gasteiger partial charge in [-0.2, -0.15) is 18.4 Å². The summed E-state index contributed by atoms with van der Waals surface area (Å²) in [5.41, 5.74) is -1.84. The quantitative estimate of drug-likeness (QED) is 0.801. The summed E-state index contributed by atoms with van der Waals surface area (Å²) in [6, 6.07) is 4.94. The van der Waals surface area contributed by atoms with Crippen molar-refractivity contribution in [1.82, 2.24) is 4.90 Å². The highest BCUT2D eigenvalue weighted by atomic mass is 32.1. The standard InChI is InChI=1S/C14H14F3N3OS/c1-13(2)20(5-6-21-13)12(22)19-10-4-3-9(8-18)11(7-10)14(15,16)17/h3-4,7H,5-6H2,1-2H3,(H,19,22). The molecule has 4 nitrogen and oxygen atoms in total. The lowest BCUT2D eigenvalue weighted by atomic mass is 10.1. The lowest BCUT2D eigenvalue weighted by Gasteiger charge is -2.32. The Morgan fingerprint density at radius 1 is 1.45 bits per heavy atom. The van der Waals surface area contributed by atoms with Crippen molar-refractivity contribution in [3.8, 4) is 6.07 Å². The second kappa shape index (κ2) is 5.74. The summed E-state index contributed by atoms with van der Waals surface area (Å²) in [6.45, 7) is 4.71. The van der Waals surface area contributed by atoms with Crippen LogP contribution in [-0.2, 0) is 10.9 Å². The molecule has 1 heterocycles. The lowest BCUT2D eigenvalue weighted by molar-refractivity contribution is -0.137. The minimum atomic E-state index is -4.60. The number of thiocarbonyl (C=S) groups is 1. The van der Waals surface area contributed by atoms with Crippen LogP contribution >= 0.6 is 12.2 Å². The fourth-order valence-electron chi connectivity index (χ4n) is 2.22. The van der Waals surface area contributed by atoms with E-state index in [9.17, 15) is 13.2 Å². The average Bonchev–Trinajstić information content (AvgIpc) is 2.77. The highest BCUT2D eigenvalue weighted by molar-refractivity contribution is 7.80. The summed E-state index contributed by atoms with van der Waals surface area (Å²) in [7, 11) is 0. The Bertz CT molecular complexity index is 637. The molecule has 1 aromatic carbocycles. The summed E-state index contributed by atoms with van der Waals surface area (Å²) < 4.78 is 44.3. The van der Waals surface area contributed by atoms with E-state index in [1.54, 1.807) is 4.90 Å². The molecule has 2 rings (SSSR count). The number of hydrogen-bond donors (Lipinski definition) is 1. The highest BCUT2D eigenvalue weighted by Crippen LogP contribution is 2.34. The third-order valence-electron chi connectivity index (χ3n) is 3.36. The zero-order valence-electron chi connectivity index (χ0n) is 12.0. The summed E-state index contributed by atoms with van der Waals surface area (Å²) >= 11 is 5.23. The molecule has 1 aliphatic rings. The van der Waals surface area contributed by atoms with Crippen LogP contribution in [0.1, 0.15) is 25.0 Å². The van der Waals surface area contributed by atoms with Gasteiger partial charge in [0.2, 0.25) is 0 Å². The van der Waals surface area contributed by atoms with Crippen molar-refractivity contribution < 1.29 is 17.9 Å². The van der Waals surface area contributed by atoms with Gasteiger partial charge in [0.05, 0.1) is 23.8 Å². The SMILES string of the molecule is CC1(C)OCCN1C(=S)Nc1ccc(C#N)c(C(F)(F)F)c1. The predicted octanol–water partition coefficient (Wildman–Crippen LogP) is 3.34. The molecular formula is C14H14F3N3OS. The lowest BCUT2D eigenvalue weighted by Crippen LogP contribution is -2.45. The molecule has 0 aliphatic carbocycles. The smallest absolute Gasteiger partial charge is 0.354 e. The van der Waals surface area contributed by atoms with Crippen LogP contribution in [0.15, 0.2) is 18.2 Å². The maximum Gasteiger partial charge on any atom is 0.417 e. The van der Waals surface area contributed by atoms with Gasteiger partial charge < -0.3 is 15.0 Å². The number of anilines is 1. The van der Waals surface area contributed by atoms with Gasteiger partial charge in [0, 0.05) is 12.2 Å². The van der Waals surface area contributed by atoms with Crippen LogP contribution < -0.4 is 5.32 Å². The van der Waals surface area contributed by atoms with Crippen LogP contribution in [-0.4, -0.2) is 28.9 Å². The molecule has 1 N–H and O–H groups in total. The van der Waals surface area contributed by atoms with Crippen LogP contribution in [0.4, 0.5) is 18.9 Å². The monoisotopic (exact) mass is 329 g/mol. The molecule has 0 saturated carbocycles. The normalized spacial score (nSPS) is 17.2. The molecule has 1 aromatic rings. The Morgan fingerprint density at radius 2 is 2.14 bits per heavy atom. The molecule has 1 aliphatic heterocycles. The van der Waals surface area contributed by atoms with Gasteiger partial charge in [-0.3, -0.25) is 0 Å². The molecule has 118 valence electrons. The van der Waals surface area contributed by atoms with Crippen molar-refractivity contribution in [1.29, 1.82) is 5.26 Å². The Hall–Kier alpha value is -1.85. The fraction of sp³-hybridized carbons (Fsp3) is 0.429. The zero-order chi connectivity index (χ0) is 16.5. The van der Waals surface area contributed by atoms with E-state index in [1.807, 2.05) is 13.8 Å². The van der Waals surface area contributed by atoms with Crippen molar-refractivity contribution in [3.63, 3.8) is 0 Å². The first-order valence-corrected chi connectivity index (χ1v) is 6.90. The second-order valence-electron chi connectivity index (χ2n) is 5.25. The fourth-order valence-corrected chi connectivity index (χ4v) is 2.65. The van der Waals surface area contributed by atoms with Gasteiger partial charge in [0.1, 0.15) is 5.72 Å². The van der Waals surface area contributed by atoms with E-state index in [1.165, 1.54) is 12.1 Å². The highest BCUT2D eigenvalue weighted by Gasteiger charge is 2.36. The maximum absolute atomic E-state index is 12.9. The molecule has 0 radical (unpaired) electrons. The molecule has 0 bridgehead atoms. The van der Waals surface area contributed by atoms with Crippen LogP contribution in [0.5, 0.6) is 0 Å². The van der Waals surface area contributed by atoms with E-state index in [-0.39, 0.29) is 10.8 Å². The summed E-state index contributed by atoms with van der Waals surface area (Å²) in [4.78, 5) is 1.76. The minimum Gasteiger partial charge on any atom is -0.354 e. The van der Waals surface area contributed by atoms with Crippen LogP contribution in [0.3, 0.4) is 0 Å². The van der Waals surface area contributed by atoms with Gasteiger partial charge >= 0.3 is 6.18 Å².